The van der Waals surface area contributed by atoms with Crippen molar-refractivity contribution in [2.24, 2.45) is 5.92 Å². The number of carbonyl (C=O) groups excluding carboxylic acids is 1. The minimum absolute atomic E-state index is 0.00322. The molecule has 2 fully saturated rings. The van der Waals surface area contributed by atoms with Gasteiger partial charge in [-0.25, -0.2) is 19.7 Å². The van der Waals surface area contributed by atoms with E-state index >= 15 is 0 Å². The highest BCUT2D eigenvalue weighted by molar-refractivity contribution is 6.36. The van der Waals surface area contributed by atoms with E-state index in [-0.39, 0.29) is 56.6 Å². The number of amides is 1. The Labute approximate surface area is 289 Å². The molecule has 3 aliphatic rings. The number of likely N-dealkylation sites (N-methyl/N-ethyl adjacent to an activating group) is 1. The lowest BCUT2D eigenvalue weighted by atomic mass is 9.76. The van der Waals surface area contributed by atoms with Crippen LogP contribution in [-0.4, -0.2) is 101 Å². The number of piperazine rings is 1. The van der Waals surface area contributed by atoms with E-state index in [2.05, 4.69) is 21.3 Å². The topological polar surface area (TPSA) is 82.3 Å². The number of rotatable bonds is 10. The van der Waals surface area contributed by atoms with Crippen molar-refractivity contribution in [3.8, 4) is 6.01 Å². The molecule has 6 rings (SSSR count). The van der Waals surface area contributed by atoms with Crippen LogP contribution >= 0.6 is 11.6 Å². The van der Waals surface area contributed by atoms with Gasteiger partial charge in [0.15, 0.2) is 5.83 Å². The van der Waals surface area contributed by atoms with Gasteiger partial charge in [0.2, 0.25) is 12.5 Å². The number of benzene rings is 1. The van der Waals surface area contributed by atoms with Crippen molar-refractivity contribution in [2.75, 3.05) is 56.1 Å². The molecule has 1 saturated heterocycles. The number of alkyl halides is 2. The second-order valence-electron chi connectivity index (χ2n) is 13.4. The molecular formula is C35H40ClF3N8O2. The minimum Gasteiger partial charge on any atom is -0.459 e. The van der Waals surface area contributed by atoms with Crippen molar-refractivity contribution in [3.63, 3.8) is 0 Å². The Balaban J connectivity index is 1.29. The largest absolute Gasteiger partial charge is 0.459 e. The average Bonchev–Trinajstić information content (AvgIpc) is 3.05. The molecule has 2 aromatic heterocycles. The average molecular weight is 697 g/mol. The molecule has 1 saturated carbocycles. The molecule has 1 amide bonds. The van der Waals surface area contributed by atoms with Crippen molar-refractivity contribution in [3.05, 3.63) is 70.7 Å². The molecule has 0 unspecified atom stereocenters. The number of ether oxygens (including phenoxy) is 1. The third-order valence-electron chi connectivity index (χ3n) is 10.0. The summed E-state index contributed by atoms with van der Waals surface area (Å²) in [5.41, 5.74) is 2.58. The van der Waals surface area contributed by atoms with Crippen LogP contribution in [0.25, 0.3) is 15.6 Å². The number of aromatic nitrogens is 3. The van der Waals surface area contributed by atoms with Gasteiger partial charge in [-0.2, -0.15) is 9.97 Å². The van der Waals surface area contributed by atoms with Crippen LogP contribution < -0.4 is 14.5 Å². The van der Waals surface area contributed by atoms with E-state index in [0.717, 1.165) is 27.7 Å². The molecule has 4 heterocycles. The van der Waals surface area contributed by atoms with E-state index in [1.54, 1.807) is 12.4 Å². The van der Waals surface area contributed by atoms with Gasteiger partial charge in [0, 0.05) is 74.1 Å². The molecule has 1 aliphatic carbocycles. The van der Waals surface area contributed by atoms with Gasteiger partial charge in [0.1, 0.15) is 18.0 Å². The standard InChI is InChI=1S/C35H40ClF3N8O2/c1-21(18-44(5)23(3)25-13-35(38,39)14-25)49-34-42-29-20-45(30-17-41-15-24-7-6-8-28(36)31(24)30)10-9-27(29)32(43-34)46-11-12-47(33(48)22(2)37)26(19-46)16-40-4/h6-8,15,17,21,23,25-26H,2,9-14,16,18-20H2,1,3,5H3/t21-,23+,26-/m0/s1. The fourth-order valence-electron chi connectivity index (χ4n) is 7.25. The molecule has 14 heteroatoms. The lowest BCUT2D eigenvalue weighted by Crippen LogP contribution is -2.57. The Hall–Kier alpha value is -4.15. The first kappa shape index (κ1) is 34.7. The third-order valence-corrected chi connectivity index (χ3v) is 10.3. The van der Waals surface area contributed by atoms with Crippen LogP contribution in [0.1, 0.15) is 37.9 Å². The Morgan fingerprint density at radius 1 is 1.20 bits per heavy atom. The summed E-state index contributed by atoms with van der Waals surface area (Å²) < 4.78 is 47.3. The normalized spacial score (nSPS) is 20.4. The highest BCUT2D eigenvalue weighted by Crippen LogP contribution is 2.45. The summed E-state index contributed by atoms with van der Waals surface area (Å²) in [5.74, 6) is -3.87. The fourth-order valence-corrected chi connectivity index (χ4v) is 7.53. The van der Waals surface area contributed by atoms with E-state index in [1.807, 2.05) is 48.9 Å². The fraction of sp³-hybridized carbons (Fsp3) is 0.514. The zero-order valence-corrected chi connectivity index (χ0v) is 28.6. The van der Waals surface area contributed by atoms with Crippen molar-refractivity contribution >= 4 is 39.8 Å². The van der Waals surface area contributed by atoms with Gasteiger partial charge < -0.3 is 24.3 Å². The van der Waals surface area contributed by atoms with Gasteiger partial charge >= 0.3 is 6.01 Å². The molecule has 1 aromatic carbocycles. The number of nitrogens with zero attached hydrogens (tertiary/aromatic N) is 8. The highest BCUT2D eigenvalue weighted by Gasteiger charge is 2.48. The molecule has 0 bridgehead atoms. The van der Waals surface area contributed by atoms with E-state index in [1.165, 1.54) is 4.90 Å². The first-order valence-electron chi connectivity index (χ1n) is 16.5. The number of hydrogen-bond donors (Lipinski definition) is 0. The van der Waals surface area contributed by atoms with Crippen LogP contribution in [0.4, 0.5) is 24.7 Å². The van der Waals surface area contributed by atoms with Gasteiger partial charge in [0.05, 0.1) is 29.1 Å². The van der Waals surface area contributed by atoms with E-state index in [0.29, 0.717) is 43.4 Å². The van der Waals surface area contributed by atoms with Crippen molar-refractivity contribution in [1.82, 2.24) is 24.8 Å². The summed E-state index contributed by atoms with van der Waals surface area (Å²) in [6.07, 6.45) is 3.62. The molecule has 0 N–H and O–H groups in total. The van der Waals surface area contributed by atoms with Crippen LogP contribution in [0, 0.1) is 12.5 Å². The Kier molecular flexibility index (Phi) is 9.91. The molecule has 0 radical (unpaired) electrons. The lowest BCUT2D eigenvalue weighted by Gasteiger charge is -2.42. The molecule has 10 nitrogen and oxygen atoms in total. The van der Waals surface area contributed by atoms with Gasteiger partial charge in [0.25, 0.3) is 5.91 Å². The monoisotopic (exact) mass is 696 g/mol. The van der Waals surface area contributed by atoms with E-state index in [9.17, 15) is 18.0 Å². The van der Waals surface area contributed by atoms with Crippen LogP contribution in [0.15, 0.2) is 43.0 Å². The Morgan fingerprint density at radius 2 is 1.98 bits per heavy atom. The molecule has 260 valence electrons. The summed E-state index contributed by atoms with van der Waals surface area (Å²) in [6.45, 7) is 16.9. The molecule has 3 atom stereocenters. The molecule has 2 aliphatic heterocycles. The zero-order chi connectivity index (χ0) is 35.0. The highest BCUT2D eigenvalue weighted by atomic mass is 35.5. The molecule has 0 spiro atoms. The van der Waals surface area contributed by atoms with Crippen LogP contribution in [0.5, 0.6) is 6.01 Å². The summed E-state index contributed by atoms with van der Waals surface area (Å²) >= 11 is 6.67. The summed E-state index contributed by atoms with van der Waals surface area (Å²) in [4.78, 5) is 38.0. The zero-order valence-electron chi connectivity index (χ0n) is 27.9. The maximum Gasteiger partial charge on any atom is 0.318 e. The number of anilines is 2. The smallest absolute Gasteiger partial charge is 0.318 e. The van der Waals surface area contributed by atoms with Crippen molar-refractivity contribution in [2.45, 2.75) is 63.8 Å². The minimum atomic E-state index is -2.58. The maximum absolute atomic E-state index is 13.9. The predicted molar refractivity (Wildman–Crippen MR) is 183 cm³/mol. The SMILES string of the molecule is [C-]#[N+]C[C@H]1CN(c2nc(O[C@@H](C)CN(C)[C@H](C)C3CC(F)(F)C3)nc3c2CCN(c2cncc4cccc(Cl)c24)C3)CCN1C(=O)C(=C)F. The van der Waals surface area contributed by atoms with Gasteiger partial charge in [-0.1, -0.05) is 30.3 Å². The first-order valence-corrected chi connectivity index (χ1v) is 16.9. The van der Waals surface area contributed by atoms with Crippen LogP contribution in [0.2, 0.25) is 5.02 Å². The van der Waals surface area contributed by atoms with Crippen LogP contribution in [-0.2, 0) is 17.8 Å². The van der Waals surface area contributed by atoms with Crippen LogP contribution in [0.3, 0.4) is 0 Å². The maximum atomic E-state index is 13.9. The summed E-state index contributed by atoms with van der Waals surface area (Å²) in [5, 5.41) is 2.45. The Morgan fingerprint density at radius 3 is 2.69 bits per heavy atom. The summed E-state index contributed by atoms with van der Waals surface area (Å²) in [6, 6.07) is 5.29. The Bertz CT molecular complexity index is 1770. The van der Waals surface area contributed by atoms with E-state index in [4.69, 9.17) is 32.9 Å². The van der Waals surface area contributed by atoms with Gasteiger partial charge in [-0.15, -0.1) is 0 Å². The molecule has 49 heavy (non-hydrogen) atoms. The molecule has 3 aromatic rings. The number of pyridine rings is 1. The van der Waals surface area contributed by atoms with Crippen molar-refractivity contribution in [1.29, 1.82) is 0 Å². The number of halogens is 4. The first-order chi connectivity index (χ1) is 23.3. The van der Waals surface area contributed by atoms with E-state index < -0.39 is 23.7 Å². The lowest BCUT2D eigenvalue weighted by molar-refractivity contribution is -0.131. The van der Waals surface area contributed by atoms with Gasteiger partial charge in [-0.3, -0.25) is 14.7 Å². The number of fused-ring (bicyclic) bond motifs is 2. The number of carbonyl (C=O) groups is 1. The second kappa shape index (κ2) is 14.0. The molecular weight excluding hydrogens is 657 g/mol. The predicted octanol–water partition coefficient (Wildman–Crippen LogP) is 5.79. The quantitative estimate of drug-likeness (QED) is 0.195. The number of hydrogen-bond acceptors (Lipinski definition) is 8. The summed E-state index contributed by atoms with van der Waals surface area (Å²) in [7, 11) is 1.91. The third kappa shape index (κ3) is 7.26. The second-order valence-corrected chi connectivity index (χ2v) is 13.8. The van der Waals surface area contributed by atoms with Crippen molar-refractivity contribution < 1.29 is 22.7 Å². The van der Waals surface area contributed by atoms with Gasteiger partial charge in [-0.05, 0) is 39.3 Å².